The second kappa shape index (κ2) is 5.99. The number of benzene rings is 1. The van der Waals surface area contributed by atoms with Crippen molar-refractivity contribution in [1.29, 1.82) is 0 Å². The van der Waals surface area contributed by atoms with E-state index in [1.807, 2.05) is 23.6 Å². The number of nitrogens with two attached hydrogens (primary N) is 1. The molecule has 0 radical (unpaired) electrons. The topological polar surface area (TPSA) is 26.0 Å². The number of thiophene rings is 1. The Labute approximate surface area is 105 Å². The Morgan fingerprint density at radius 2 is 1.88 bits per heavy atom. The maximum absolute atomic E-state index is 13.4. The van der Waals surface area contributed by atoms with E-state index in [4.69, 9.17) is 5.73 Å². The molecule has 0 aliphatic heterocycles. The van der Waals surface area contributed by atoms with Gasteiger partial charge >= 0.3 is 0 Å². The first-order chi connectivity index (χ1) is 7.31. The average molecular weight is 258 g/mol. The summed E-state index contributed by atoms with van der Waals surface area (Å²) in [6.45, 7) is 0.529. The minimum absolute atomic E-state index is 0. The molecular weight excluding hydrogens is 245 g/mol. The third-order valence-corrected chi connectivity index (χ3v) is 3.35. The first kappa shape index (κ1) is 13.2. The Morgan fingerprint density at radius 3 is 2.56 bits per heavy atom. The van der Waals surface area contributed by atoms with Crippen LogP contribution in [0.2, 0.25) is 0 Å². The van der Waals surface area contributed by atoms with Gasteiger partial charge in [0.2, 0.25) is 0 Å². The van der Waals surface area contributed by atoms with Gasteiger partial charge in [-0.2, -0.15) is 0 Å². The largest absolute Gasteiger partial charge is 0.326 e. The summed E-state index contributed by atoms with van der Waals surface area (Å²) in [4.78, 5) is 1.14. The lowest BCUT2D eigenvalue weighted by atomic mass is 10.1. The van der Waals surface area contributed by atoms with E-state index in [9.17, 15) is 4.39 Å². The molecule has 2 N–H and O–H groups in total. The van der Waals surface area contributed by atoms with Gasteiger partial charge in [0.25, 0.3) is 0 Å². The summed E-state index contributed by atoms with van der Waals surface area (Å²) in [6, 6.07) is 8.87. The Hall–Kier alpha value is -0.900. The standard InChI is InChI=1S/C12H12FNS.ClH/c13-11-4-2-1-3-9(11)7-10-5-6-15-12(10)8-14;/h1-6H,7-8,14H2;1H. The van der Waals surface area contributed by atoms with Crippen LogP contribution in [0.15, 0.2) is 35.7 Å². The molecule has 86 valence electrons. The number of halogens is 2. The molecule has 1 nitrogen and oxygen atoms in total. The van der Waals surface area contributed by atoms with E-state index in [2.05, 4.69) is 0 Å². The molecule has 0 unspecified atom stereocenters. The van der Waals surface area contributed by atoms with Crippen molar-refractivity contribution in [3.05, 3.63) is 57.5 Å². The molecule has 1 heterocycles. The fraction of sp³-hybridized carbons (Fsp3) is 0.167. The smallest absolute Gasteiger partial charge is 0.126 e. The second-order valence-corrected chi connectivity index (χ2v) is 4.34. The maximum Gasteiger partial charge on any atom is 0.126 e. The summed E-state index contributed by atoms with van der Waals surface area (Å²) < 4.78 is 13.4. The highest BCUT2D eigenvalue weighted by molar-refractivity contribution is 7.10. The van der Waals surface area contributed by atoms with Crippen LogP contribution in [0.25, 0.3) is 0 Å². The molecule has 1 aromatic heterocycles. The van der Waals surface area contributed by atoms with Crippen molar-refractivity contribution in [3.63, 3.8) is 0 Å². The quantitative estimate of drug-likeness (QED) is 0.897. The molecule has 2 rings (SSSR count). The minimum Gasteiger partial charge on any atom is -0.326 e. The molecule has 0 aliphatic rings. The fourth-order valence-electron chi connectivity index (χ4n) is 1.55. The van der Waals surface area contributed by atoms with Crippen LogP contribution in [0, 0.1) is 5.82 Å². The van der Waals surface area contributed by atoms with E-state index in [0.717, 1.165) is 16.0 Å². The van der Waals surface area contributed by atoms with Crippen molar-refractivity contribution < 1.29 is 4.39 Å². The third kappa shape index (κ3) is 2.82. The van der Waals surface area contributed by atoms with Crippen LogP contribution in [0.4, 0.5) is 4.39 Å². The van der Waals surface area contributed by atoms with Crippen LogP contribution in [0.1, 0.15) is 16.0 Å². The highest BCUT2D eigenvalue weighted by Crippen LogP contribution is 2.20. The lowest BCUT2D eigenvalue weighted by molar-refractivity contribution is 0.614. The average Bonchev–Trinajstić information content (AvgIpc) is 2.69. The van der Waals surface area contributed by atoms with Gasteiger partial charge in [-0.1, -0.05) is 18.2 Å². The summed E-state index contributed by atoms with van der Waals surface area (Å²) >= 11 is 1.63. The Balaban J connectivity index is 0.00000128. The van der Waals surface area contributed by atoms with Crippen molar-refractivity contribution in [3.8, 4) is 0 Å². The molecule has 16 heavy (non-hydrogen) atoms. The van der Waals surface area contributed by atoms with Gasteiger partial charge in [0.15, 0.2) is 0 Å². The third-order valence-electron chi connectivity index (χ3n) is 2.36. The number of hydrogen-bond acceptors (Lipinski definition) is 2. The van der Waals surface area contributed by atoms with E-state index >= 15 is 0 Å². The highest BCUT2D eigenvalue weighted by atomic mass is 35.5. The predicted molar refractivity (Wildman–Crippen MR) is 68.7 cm³/mol. The Bertz CT molecular complexity index is 456. The normalized spacial score (nSPS) is 9.88. The van der Waals surface area contributed by atoms with Gasteiger partial charge in [0.05, 0.1) is 0 Å². The zero-order valence-corrected chi connectivity index (χ0v) is 10.3. The van der Waals surface area contributed by atoms with E-state index in [-0.39, 0.29) is 18.2 Å². The monoisotopic (exact) mass is 257 g/mol. The van der Waals surface area contributed by atoms with Crippen LogP contribution in [-0.2, 0) is 13.0 Å². The van der Waals surface area contributed by atoms with E-state index < -0.39 is 0 Å². The zero-order chi connectivity index (χ0) is 10.7. The van der Waals surface area contributed by atoms with E-state index in [1.54, 1.807) is 17.4 Å². The molecule has 0 aliphatic carbocycles. The van der Waals surface area contributed by atoms with Gasteiger partial charge in [-0.25, -0.2) is 4.39 Å². The van der Waals surface area contributed by atoms with Gasteiger partial charge in [0, 0.05) is 17.8 Å². The molecule has 0 atom stereocenters. The molecule has 0 saturated carbocycles. The summed E-state index contributed by atoms with van der Waals surface area (Å²) in [7, 11) is 0. The molecule has 2 aromatic rings. The van der Waals surface area contributed by atoms with Gasteiger partial charge in [-0.3, -0.25) is 0 Å². The highest BCUT2D eigenvalue weighted by Gasteiger charge is 2.06. The zero-order valence-electron chi connectivity index (χ0n) is 8.65. The summed E-state index contributed by atoms with van der Waals surface area (Å²) in [6.07, 6.45) is 0.628. The van der Waals surface area contributed by atoms with Gasteiger partial charge in [-0.05, 0) is 28.6 Å². The predicted octanol–water partition coefficient (Wildman–Crippen LogP) is 3.36. The maximum atomic E-state index is 13.4. The Kier molecular flexibility index (Phi) is 4.93. The first-order valence-corrected chi connectivity index (χ1v) is 5.68. The number of hydrogen-bond donors (Lipinski definition) is 1. The van der Waals surface area contributed by atoms with Crippen molar-refractivity contribution >= 4 is 23.7 Å². The molecular formula is C12H13ClFNS. The van der Waals surface area contributed by atoms with Crippen LogP contribution in [0.5, 0.6) is 0 Å². The fourth-order valence-corrected chi connectivity index (χ4v) is 2.33. The minimum atomic E-state index is -0.147. The second-order valence-electron chi connectivity index (χ2n) is 3.34. The molecule has 1 aromatic carbocycles. The van der Waals surface area contributed by atoms with Crippen molar-refractivity contribution in [2.24, 2.45) is 5.73 Å². The SMILES string of the molecule is Cl.NCc1sccc1Cc1ccccc1F. The molecule has 0 spiro atoms. The van der Waals surface area contributed by atoms with E-state index in [0.29, 0.717) is 13.0 Å². The molecule has 4 heteroatoms. The first-order valence-electron chi connectivity index (χ1n) is 4.80. The van der Waals surface area contributed by atoms with Crippen LogP contribution < -0.4 is 5.73 Å². The van der Waals surface area contributed by atoms with Crippen molar-refractivity contribution in [2.45, 2.75) is 13.0 Å². The summed E-state index contributed by atoms with van der Waals surface area (Å²) in [5.74, 6) is -0.147. The lowest BCUT2D eigenvalue weighted by Gasteiger charge is -2.03. The Morgan fingerprint density at radius 1 is 1.12 bits per heavy atom. The molecule has 0 saturated heterocycles. The van der Waals surface area contributed by atoms with Crippen molar-refractivity contribution in [2.75, 3.05) is 0 Å². The van der Waals surface area contributed by atoms with Gasteiger partial charge < -0.3 is 5.73 Å². The molecule has 0 bridgehead atoms. The van der Waals surface area contributed by atoms with Crippen molar-refractivity contribution in [1.82, 2.24) is 0 Å². The van der Waals surface area contributed by atoms with Crippen LogP contribution in [-0.4, -0.2) is 0 Å². The summed E-state index contributed by atoms with van der Waals surface area (Å²) in [5, 5.41) is 2.00. The molecule has 0 fully saturated rings. The van der Waals surface area contributed by atoms with Crippen LogP contribution in [0.3, 0.4) is 0 Å². The number of rotatable bonds is 3. The van der Waals surface area contributed by atoms with Gasteiger partial charge in [-0.15, -0.1) is 23.7 Å². The van der Waals surface area contributed by atoms with E-state index in [1.165, 1.54) is 6.07 Å². The van der Waals surface area contributed by atoms with Gasteiger partial charge in [0.1, 0.15) is 5.82 Å². The lowest BCUT2D eigenvalue weighted by Crippen LogP contribution is -1.99. The summed E-state index contributed by atoms with van der Waals surface area (Å²) in [5.41, 5.74) is 7.46. The van der Waals surface area contributed by atoms with Crippen LogP contribution >= 0.6 is 23.7 Å². The molecule has 0 amide bonds.